The van der Waals surface area contributed by atoms with E-state index in [1.807, 2.05) is 24.3 Å². The van der Waals surface area contributed by atoms with E-state index in [0.29, 0.717) is 36.6 Å². The van der Waals surface area contributed by atoms with Crippen molar-refractivity contribution in [3.63, 3.8) is 0 Å². The molecule has 0 spiro atoms. The molecule has 1 fully saturated rings. The smallest absolute Gasteiger partial charge is 0.250 e. The largest absolute Gasteiger partial charge is 0.497 e. The van der Waals surface area contributed by atoms with Crippen molar-refractivity contribution in [1.82, 2.24) is 9.62 Å². The first-order chi connectivity index (χ1) is 12.5. The number of hydrogen-bond acceptors (Lipinski definition) is 5. The molecule has 0 radical (unpaired) electrons. The zero-order valence-electron chi connectivity index (χ0n) is 14.6. The first-order valence-corrected chi connectivity index (χ1v) is 10.8. The van der Waals surface area contributed by atoms with Gasteiger partial charge in [0.2, 0.25) is 15.9 Å². The number of ether oxygens (including phenoxy) is 1. The monoisotopic (exact) mass is 394 g/mol. The van der Waals surface area contributed by atoms with Gasteiger partial charge in [-0.1, -0.05) is 18.2 Å². The Balaban J connectivity index is 1.50. The summed E-state index contributed by atoms with van der Waals surface area (Å²) in [6.07, 6.45) is 1.59. The van der Waals surface area contributed by atoms with Crippen molar-refractivity contribution in [3.8, 4) is 5.75 Å². The van der Waals surface area contributed by atoms with Crippen LogP contribution in [0.2, 0.25) is 0 Å². The van der Waals surface area contributed by atoms with Crippen LogP contribution in [0.15, 0.2) is 46.0 Å². The van der Waals surface area contributed by atoms with Crippen LogP contribution in [0.3, 0.4) is 0 Å². The van der Waals surface area contributed by atoms with Crippen LogP contribution in [-0.4, -0.2) is 45.5 Å². The zero-order valence-corrected chi connectivity index (χ0v) is 16.2. The molecule has 3 rings (SSSR count). The average molecular weight is 395 g/mol. The van der Waals surface area contributed by atoms with Crippen molar-refractivity contribution in [1.29, 1.82) is 0 Å². The summed E-state index contributed by atoms with van der Waals surface area (Å²) in [4.78, 5) is 14.3. The molecular formula is C18H22N2O4S2. The maximum Gasteiger partial charge on any atom is 0.250 e. The third-order valence-corrected chi connectivity index (χ3v) is 7.36. The summed E-state index contributed by atoms with van der Waals surface area (Å²) >= 11 is 1.20. The third-order valence-electron chi connectivity index (χ3n) is 4.44. The van der Waals surface area contributed by atoms with E-state index in [2.05, 4.69) is 4.72 Å². The van der Waals surface area contributed by atoms with E-state index in [-0.39, 0.29) is 11.9 Å². The molecule has 1 N–H and O–H groups in total. The Morgan fingerprint density at radius 3 is 2.50 bits per heavy atom. The molecule has 140 valence electrons. The highest BCUT2D eigenvalue weighted by atomic mass is 32.2. The van der Waals surface area contributed by atoms with Gasteiger partial charge in [0.05, 0.1) is 13.5 Å². The predicted octanol–water partition coefficient (Wildman–Crippen LogP) is 2.27. The predicted molar refractivity (Wildman–Crippen MR) is 101 cm³/mol. The number of nitrogens with zero attached hydrogens (tertiary/aromatic N) is 1. The number of carbonyl (C=O) groups is 1. The molecule has 0 unspecified atom stereocenters. The minimum absolute atomic E-state index is 0.0646. The maximum atomic E-state index is 12.5. The third kappa shape index (κ3) is 4.63. The van der Waals surface area contributed by atoms with Crippen molar-refractivity contribution < 1.29 is 17.9 Å². The van der Waals surface area contributed by atoms with Crippen LogP contribution in [0.1, 0.15) is 18.4 Å². The van der Waals surface area contributed by atoms with Gasteiger partial charge < -0.3 is 9.64 Å². The SMILES string of the molecule is COc1ccc(CC(=O)N2CCC(NS(=O)(=O)c3cccs3)CC2)cc1. The summed E-state index contributed by atoms with van der Waals surface area (Å²) < 4.78 is 32.8. The second-order valence-electron chi connectivity index (χ2n) is 6.23. The lowest BCUT2D eigenvalue weighted by Gasteiger charge is -2.32. The highest BCUT2D eigenvalue weighted by Gasteiger charge is 2.27. The zero-order chi connectivity index (χ0) is 18.6. The van der Waals surface area contributed by atoms with Crippen molar-refractivity contribution in [2.75, 3.05) is 20.2 Å². The minimum Gasteiger partial charge on any atom is -0.497 e. The van der Waals surface area contributed by atoms with Crippen molar-refractivity contribution in [2.45, 2.75) is 29.5 Å². The van der Waals surface area contributed by atoms with E-state index in [1.165, 1.54) is 11.3 Å². The van der Waals surface area contributed by atoms with Crippen LogP contribution in [0.5, 0.6) is 5.75 Å². The van der Waals surface area contributed by atoms with Gasteiger partial charge in [0.25, 0.3) is 0 Å². The lowest BCUT2D eigenvalue weighted by molar-refractivity contribution is -0.131. The molecule has 0 aliphatic carbocycles. The Kier molecular flexibility index (Phi) is 5.95. The molecule has 0 bridgehead atoms. The van der Waals surface area contributed by atoms with Crippen molar-refractivity contribution in [3.05, 3.63) is 47.3 Å². The number of carbonyl (C=O) groups excluding carboxylic acids is 1. The molecular weight excluding hydrogens is 372 g/mol. The van der Waals surface area contributed by atoms with Gasteiger partial charge in [-0.2, -0.15) is 0 Å². The summed E-state index contributed by atoms with van der Waals surface area (Å²) in [5.74, 6) is 0.828. The number of rotatable bonds is 6. The van der Waals surface area contributed by atoms with Crippen LogP contribution in [0, 0.1) is 0 Å². The molecule has 2 aromatic rings. The number of thiophene rings is 1. The number of methoxy groups -OCH3 is 1. The van der Waals surface area contributed by atoms with Crippen LogP contribution in [0.25, 0.3) is 0 Å². The standard InChI is InChI=1S/C18H22N2O4S2/c1-24-16-6-4-14(5-7-16)13-17(21)20-10-8-15(9-11-20)19-26(22,23)18-3-2-12-25-18/h2-7,12,15,19H,8-11,13H2,1H3. The van der Waals surface area contributed by atoms with Crippen LogP contribution in [0.4, 0.5) is 0 Å². The van der Waals surface area contributed by atoms with Gasteiger partial charge >= 0.3 is 0 Å². The summed E-state index contributed by atoms with van der Waals surface area (Å²) in [5, 5.41) is 1.75. The fourth-order valence-corrected chi connectivity index (χ4v) is 5.28. The number of likely N-dealkylation sites (tertiary alicyclic amines) is 1. The van der Waals surface area contributed by atoms with Gasteiger partial charge in [0.15, 0.2) is 0 Å². The average Bonchev–Trinajstić information content (AvgIpc) is 3.18. The second-order valence-corrected chi connectivity index (χ2v) is 9.12. The summed E-state index contributed by atoms with van der Waals surface area (Å²) in [5.41, 5.74) is 0.941. The number of piperidine rings is 1. The maximum absolute atomic E-state index is 12.5. The molecule has 1 aromatic carbocycles. The van der Waals surface area contributed by atoms with Crippen LogP contribution in [-0.2, 0) is 21.2 Å². The summed E-state index contributed by atoms with van der Waals surface area (Å²) in [6.45, 7) is 1.12. The first kappa shape index (κ1) is 18.9. The van der Waals surface area contributed by atoms with Gasteiger partial charge in [-0.15, -0.1) is 11.3 Å². The van der Waals surface area contributed by atoms with Crippen molar-refractivity contribution in [2.24, 2.45) is 0 Å². The molecule has 1 aliphatic heterocycles. The second kappa shape index (κ2) is 8.20. The van der Waals surface area contributed by atoms with Crippen LogP contribution < -0.4 is 9.46 Å². The molecule has 2 heterocycles. The van der Waals surface area contributed by atoms with E-state index < -0.39 is 10.0 Å². The molecule has 1 amide bonds. The van der Waals surface area contributed by atoms with Gasteiger partial charge in [-0.05, 0) is 42.0 Å². The van der Waals surface area contributed by atoms with Gasteiger partial charge in [0.1, 0.15) is 9.96 Å². The molecule has 1 aliphatic rings. The molecule has 1 saturated heterocycles. The molecule has 0 saturated carbocycles. The van der Waals surface area contributed by atoms with Crippen molar-refractivity contribution >= 4 is 27.3 Å². The van der Waals surface area contributed by atoms with E-state index in [4.69, 9.17) is 4.74 Å². The van der Waals surface area contributed by atoms with Crippen LogP contribution >= 0.6 is 11.3 Å². The van der Waals surface area contributed by atoms with E-state index in [9.17, 15) is 13.2 Å². The molecule has 0 atom stereocenters. The summed E-state index contributed by atoms with van der Waals surface area (Å²) in [6, 6.07) is 10.6. The topological polar surface area (TPSA) is 75.7 Å². The Hall–Kier alpha value is -1.90. The van der Waals surface area contributed by atoms with Gasteiger partial charge in [-0.3, -0.25) is 4.79 Å². The highest BCUT2D eigenvalue weighted by molar-refractivity contribution is 7.91. The summed E-state index contributed by atoms with van der Waals surface area (Å²) in [7, 11) is -1.85. The van der Waals surface area contributed by atoms with Gasteiger partial charge in [-0.25, -0.2) is 13.1 Å². The lowest BCUT2D eigenvalue weighted by Crippen LogP contribution is -2.46. The molecule has 26 heavy (non-hydrogen) atoms. The van der Waals surface area contributed by atoms with E-state index in [1.54, 1.807) is 29.5 Å². The van der Waals surface area contributed by atoms with Gasteiger partial charge in [0, 0.05) is 19.1 Å². The fourth-order valence-electron chi connectivity index (χ4n) is 2.97. The number of nitrogens with one attached hydrogen (secondary N) is 1. The molecule has 8 heteroatoms. The Morgan fingerprint density at radius 2 is 1.92 bits per heavy atom. The normalized spacial score (nSPS) is 15.8. The minimum atomic E-state index is -3.46. The quantitative estimate of drug-likeness (QED) is 0.816. The number of hydrogen-bond donors (Lipinski definition) is 1. The molecule has 1 aromatic heterocycles. The molecule has 6 nitrogen and oxygen atoms in total. The Labute approximate surface area is 157 Å². The lowest BCUT2D eigenvalue weighted by atomic mass is 10.0. The first-order valence-electron chi connectivity index (χ1n) is 8.44. The highest BCUT2D eigenvalue weighted by Crippen LogP contribution is 2.19. The number of benzene rings is 1. The number of amides is 1. The fraction of sp³-hybridized carbons (Fsp3) is 0.389. The Morgan fingerprint density at radius 1 is 1.23 bits per heavy atom. The number of sulfonamides is 1. The Bertz CT molecular complexity index is 825. The van der Waals surface area contributed by atoms with E-state index in [0.717, 1.165) is 11.3 Å². The van der Waals surface area contributed by atoms with E-state index >= 15 is 0 Å².